The Kier molecular flexibility index (Phi) is 1.65. The zero-order valence-electron chi connectivity index (χ0n) is 7.53. The van der Waals surface area contributed by atoms with Gasteiger partial charge in [0, 0.05) is 0 Å². The molecule has 1 atom stereocenters. The number of benzene rings is 1. The van der Waals surface area contributed by atoms with Crippen molar-refractivity contribution in [1.82, 2.24) is 11.0 Å². The van der Waals surface area contributed by atoms with Gasteiger partial charge in [-0.15, -0.1) is 0 Å². The summed E-state index contributed by atoms with van der Waals surface area (Å²) in [5.41, 5.74) is 8.21. The van der Waals surface area contributed by atoms with E-state index in [0.29, 0.717) is 0 Å². The quantitative estimate of drug-likeness (QED) is 0.646. The first-order valence-electron chi connectivity index (χ1n) is 4.60. The number of hydrogen-bond acceptors (Lipinski definition) is 3. The Bertz CT molecular complexity index is 423. The summed E-state index contributed by atoms with van der Waals surface area (Å²) in [7, 11) is 0. The standard InChI is InChI=1S/C11H10N2O/c1-2-6-9-8(4-1)5-3-7-10-11(9)12-13-14-10/h1-7,11-13H. The number of nitrogens with one attached hydrogen (secondary N) is 2. The van der Waals surface area contributed by atoms with Gasteiger partial charge in [0.2, 0.25) is 0 Å². The third-order valence-corrected chi connectivity index (χ3v) is 2.50. The molecule has 0 radical (unpaired) electrons. The van der Waals surface area contributed by atoms with Gasteiger partial charge in [-0.05, 0) is 17.2 Å². The summed E-state index contributed by atoms with van der Waals surface area (Å²) in [4.78, 5) is 5.24. The molecule has 0 aromatic heterocycles. The molecule has 1 aromatic carbocycles. The molecule has 3 rings (SSSR count). The molecule has 0 bridgehead atoms. The van der Waals surface area contributed by atoms with Gasteiger partial charge in [0.05, 0.1) is 0 Å². The molecule has 1 aromatic rings. The van der Waals surface area contributed by atoms with E-state index >= 15 is 0 Å². The molecule has 2 aliphatic rings. The molecule has 14 heavy (non-hydrogen) atoms. The van der Waals surface area contributed by atoms with Gasteiger partial charge in [0.1, 0.15) is 11.8 Å². The van der Waals surface area contributed by atoms with Crippen LogP contribution in [0.25, 0.3) is 6.08 Å². The van der Waals surface area contributed by atoms with Crippen LogP contribution in [0, 0.1) is 0 Å². The van der Waals surface area contributed by atoms with Crippen LogP contribution in [0.5, 0.6) is 0 Å². The van der Waals surface area contributed by atoms with Crippen LogP contribution in [0.2, 0.25) is 0 Å². The van der Waals surface area contributed by atoms with E-state index in [2.05, 4.69) is 29.2 Å². The second-order valence-electron chi connectivity index (χ2n) is 3.34. The maximum Gasteiger partial charge on any atom is 0.148 e. The van der Waals surface area contributed by atoms with Crippen molar-refractivity contribution < 1.29 is 4.84 Å². The molecule has 1 unspecified atom stereocenters. The summed E-state index contributed by atoms with van der Waals surface area (Å²) >= 11 is 0. The first kappa shape index (κ1) is 7.79. The Balaban J connectivity index is 2.17. The monoisotopic (exact) mass is 186 g/mol. The number of fused-ring (bicyclic) bond motifs is 3. The van der Waals surface area contributed by atoms with Gasteiger partial charge in [0.15, 0.2) is 0 Å². The SMILES string of the molecule is C1=Cc2ccccc2C2NNOC2=C1. The molecule has 3 heteroatoms. The lowest BCUT2D eigenvalue weighted by molar-refractivity contribution is 0.131. The Morgan fingerprint density at radius 3 is 3.14 bits per heavy atom. The van der Waals surface area contributed by atoms with Crippen molar-refractivity contribution in [2.24, 2.45) is 0 Å². The third kappa shape index (κ3) is 1.07. The fourth-order valence-corrected chi connectivity index (χ4v) is 1.81. The van der Waals surface area contributed by atoms with Crippen LogP contribution in [0.4, 0.5) is 0 Å². The molecule has 1 fully saturated rings. The molecule has 1 aliphatic heterocycles. The van der Waals surface area contributed by atoms with E-state index in [1.165, 1.54) is 11.1 Å². The highest BCUT2D eigenvalue weighted by atomic mass is 16.7. The van der Waals surface area contributed by atoms with Crippen molar-refractivity contribution >= 4 is 6.08 Å². The van der Waals surface area contributed by atoms with Crippen molar-refractivity contribution in [2.45, 2.75) is 6.04 Å². The summed E-state index contributed by atoms with van der Waals surface area (Å²) in [5.74, 6) is 0.909. The summed E-state index contributed by atoms with van der Waals surface area (Å²) in [6.45, 7) is 0. The van der Waals surface area contributed by atoms with Crippen molar-refractivity contribution in [1.29, 1.82) is 0 Å². The van der Waals surface area contributed by atoms with Crippen LogP contribution < -0.4 is 11.0 Å². The average molecular weight is 186 g/mol. The smallest absolute Gasteiger partial charge is 0.148 e. The predicted molar refractivity (Wildman–Crippen MR) is 53.7 cm³/mol. The molecule has 0 spiro atoms. The Morgan fingerprint density at radius 2 is 2.14 bits per heavy atom. The minimum Gasteiger partial charge on any atom is -0.396 e. The maximum atomic E-state index is 5.24. The minimum atomic E-state index is 0.126. The molecular weight excluding hydrogens is 176 g/mol. The van der Waals surface area contributed by atoms with Crippen LogP contribution in [0.1, 0.15) is 17.2 Å². The zero-order chi connectivity index (χ0) is 9.38. The first-order chi connectivity index (χ1) is 6.95. The lowest BCUT2D eigenvalue weighted by atomic mass is 10.0. The van der Waals surface area contributed by atoms with E-state index in [1.807, 2.05) is 24.3 Å². The Labute approximate surface area is 82.0 Å². The van der Waals surface area contributed by atoms with E-state index in [1.54, 1.807) is 0 Å². The van der Waals surface area contributed by atoms with Gasteiger partial charge in [-0.2, -0.15) is 0 Å². The Morgan fingerprint density at radius 1 is 1.21 bits per heavy atom. The van der Waals surface area contributed by atoms with E-state index in [-0.39, 0.29) is 6.04 Å². The molecular formula is C11H10N2O. The topological polar surface area (TPSA) is 33.3 Å². The molecule has 1 heterocycles. The van der Waals surface area contributed by atoms with E-state index in [9.17, 15) is 0 Å². The second kappa shape index (κ2) is 2.97. The van der Waals surface area contributed by atoms with Crippen molar-refractivity contribution in [3.05, 3.63) is 53.3 Å². The zero-order valence-corrected chi connectivity index (χ0v) is 7.53. The largest absolute Gasteiger partial charge is 0.396 e. The summed E-state index contributed by atoms with van der Waals surface area (Å²) in [6.07, 6.45) is 6.06. The average Bonchev–Trinajstić information content (AvgIpc) is 2.61. The van der Waals surface area contributed by atoms with Crippen LogP contribution in [-0.2, 0) is 4.84 Å². The third-order valence-electron chi connectivity index (χ3n) is 2.50. The molecule has 0 saturated carbocycles. The van der Waals surface area contributed by atoms with Crippen LogP contribution >= 0.6 is 0 Å². The summed E-state index contributed by atoms with van der Waals surface area (Å²) in [5, 5.41) is 0. The lowest BCUT2D eigenvalue weighted by Crippen LogP contribution is -2.24. The number of allylic oxidation sites excluding steroid dienone is 2. The van der Waals surface area contributed by atoms with Crippen LogP contribution in [0.15, 0.2) is 42.2 Å². The minimum absolute atomic E-state index is 0.126. The van der Waals surface area contributed by atoms with Gasteiger partial charge in [-0.3, -0.25) is 0 Å². The van der Waals surface area contributed by atoms with E-state index in [4.69, 9.17) is 4.84 Å². The normalized spacial score (nSPS) is 23.1. The predicted octanol–water partition coefficient (Wildman–Crippen LogP) is 1.68. The number of hydrazine groups is 1. The van der Waals surface area contributed by atoms with Crippen LogP contribution in [0.3, 0.4) is 0 Å². The van der Waals surface area contributed by atoms with E-state index < -0.39 is 0 Å². The first-order valence-corrected chi connectivity index (χ1v) is 4.60. The van der Waals surface area contributed by atoms with Gasteiger partial charge in [-0.1, -0.05) is 42.0 Å². The second-order valence-corrected chi connectivity index (χ2v) is 3.34. The summed E-state index contributed by atoms with van der Waals surface area (Å²) in [6, 6.07) is 8.41. The number of rotatable bonds is 0. The lowest BCUT2D eigenvalue weighted by Gasteiger charge is -2.10. The van der Waals surface area contributed by atoms with Gasteiger partial charge in [0.25, 0.3) is 0 Å². The highest BCUT2D eigenvalue weighted by Gasteiger charge is 2.26. The highest BCUT2D eigenvalue weighted by molar-refractivity contribution is 5.59. The molecule has 3 nitrogen and oxygen atoms in total. The highest BCUT2D eigenvalue weighted by Crippen LogP contribution is 2.30. The number of hydrogen-bond donors (Lipinski definition) is 2. The molecule has 1 aliphatic carbocycles. The van der Waals surface area contributed by atoms with Gasteiger partial charge >= 0.3 is 0 Å². The van der Waals surface area contributed by atoms with Crippen LogP contribution in [-0.4, -0.2) is 0 Å². The summed E-state index contributed by atoms with van der Waals surface area (Å²) < 4.78 is 0. The van der Waals surface area contributed by atoms with Gasteiger partial charge < -0.3 is 4.84 Å². The van der Waals surface area contributed by atoms with Crippen molar-refractivity contribution in [3.63, 3.8) is 0 Å². The van der Waals surface area contributed by atoms with Crippen molar-refractivity contribution in [3.8, 4) is 0 Å². The van der Waals surface area contributed by atoms with Crippen molar-refractivity contribution in [2.75, 3.05) is 0 Å². The fourth-order valence-electron chi connectivity index (χ4n) is 1.81. The maximum absolute atomic E-state index is 5.24. The molecule has 0 amide bonds. The van der Waals surface area contributed by atoms with Gasteiger partial charge in [-0.25, -0.2) is 5.43 Å². The molecule has 1 saturated heterocycles. The Hall–Kier alpha value is -1.58. The molecule has 70 valence electrons. The van der Waals surface area contributed by atoms with E-state index in [0.717, 1.165) is 5.76 Å². The fraction of sp³-hybridized carbons (Fsp3) is 0.0909. The molecule has 2 N–H and O–H groups in total.